The smallest absolute Gasteiger partial charge is 0.287 e. The van der Waals surface area contributed by atoms with Crippen molar-refractivity contribution in [2.75, 3.05) is 26.5 Å². The van der Waals surface area contributed by atoms with E-state index in [0.29, 0.717) is 23.6 Å². The highest BCUT2D eigenvalue weighted by Gasteiger charge is 2.23. The minimum atomic E-state index is -4.15. The predicted molar refractivity (Wildman–Crippen MR) is 171 cm³/mol. The maximum atomic E-state index is 12.9. The highest BCUT2D eigenvalue weighted by Crippen LogP contribution is 2.28. The number of methoxy groups -OCH3 is 1. The maximum absolute atomic E-state index is 12.9. The van der Waals surface area contributed by atoms with Crippen molar-refractivity contribution < 1.29 is 13.2 Å². The molecule has 0 aliphatic heterocycles. The van der Waals surface area contributed by atoms with Crippen LogP contribution in [0.15, 0.2) is 62.8 Å². The fourth-order valence-corrected chi connectivity index (χ4v) is 6.56. The summed E-state index contributed by atoms with van der Waals surface area (Å²) in [5.74, 6) is 0.660. The normalized spacial score (nSPS) is 18.5. The average Bonchev–Trinajstić information content (AvgIpc) is 2.98. The molecule has 42 heavy (non-hydrogen) atoms. The third-order valence-electron chi connectivity index (χ3n) is 7.58. The number of aliphatic imine (C=N–C) groups is 1. The van der Waals surface area contributed by atoms with E-state index in [4.69, 9.17) is 21.3 Å². The van der Waals surface area contributed by atoms with Gasteiger partial charge in [0.1, 0.15) is 4.90 Å². The number of hydrogen-bond donors (Lipinski definition) is 2. The van der Waals surface area contributed by atoms with Crippen molar-refractivity contribution in [1.29, 1.82) is 0 Å². The Hall–Kier alpha value is -3.54. The van der Waals surface area contributed by atoms with E-state index >= 15 is 0 Å². The molecule has 0 unspecified atom stereocenters. The van der Waals surface area contributed by atoms with Gasteiger partial charge in [0, 0.05) is 29.2 Å². The van der Waals surface area contributed by atoms with Gasteiger partial charge in [-0.15, -0.1) is 4.40 Å². The van der Waals surface area contributed by atoms with E-state index in [1.54, 1.807) is 12.1 Å². The lowest BCUT2D eigenvalue weighted by Gasteiger charge is -2.33. The number of rotatable bonds is 9. The third kappa shape index (κ3) is 7.26. The van der Waals surface area contributed by atoms with Gasteiger partial charge in [-0.05, 0) is 95.2 Å². The van der Waals surface area contributed by atoms with Gasteiger partial charge in [0.05, 0.1) is 17.6 Å². The monoisotopic (exact) mass is 611 g/mol. The number of halogens is 1. The topological polar surface area (TPSA) is 121 Å². The van der Waals surface area contributed by atoms with Gasteiger partial charge in [-0.25, -0.2) is 15.0 Å². The van der Waals surface area contributed by atoms with Crippen molar-refractivity contribution in [1.82, 2.24) is 20.2 Å². The van der Waals surface area contributed by atoms with E-state index in [2.05, 4.69) is 63.7 Å². The average molecular weight is 612 g/mol. The van der Waals surface area contributed by atoms with E-state index in [0.717, 1.165) is 54.1 Å². The van der Waals surface area contributed by atoms with Crippen LogP contribution in [0, 0.1) is 0 Å². The number of aromatic nitrogens is 2. The second kappa shape index (κ2) is 13.6. The van der Waals surface area contributed by atoms with Crippen LogP contribution in [0.25, 0.3) is 16.5 Å². The van der Waals surface area contributed by atoms with Crippen LogP contribution < -0.4 is 10.6 Å². The molecule has 4 rings (SSSR count). The summed E-state index contributed by atoms with van der Waals surface area (Å²) in [6, 6.07) is 11.1. The van der Waals surface area contributed by atoms with Crippen LogP contribution in [0.2, 0.25) is 5.02 Å². The quantitative estimate of drug-likeness (QED) is 0.185. The fourth-order valence-electron chi connectivity index (χ4n) is 5.13. The van der Waals surface area contributed by atoms with Crippen molar-refractivity contribution in [3.05, 3.63) is 64.6 Å². The van der Waals surface area contributed by atoms with Crippen LogP contribution in [0.1, 0.15) is 50.7 Å². The molecular formula is C30H38ClN7O3S. The number of anilines is 1. The molecule has 1 aliphatic rings. The van der Waals surface area contributed by atoms with Gasteiger partial charge in [0.2, 0.25) is 11.9 Å². The number of nitrogens with one attached hydrogen (secondary N) is 2. The zero-order valence-corrected chi connectivity index (χ0v) is 26.3. The summed E-state index contributed by atoms with van der Waals surface area (Å²) in [5.41, 5.74) is 3.50. The Kier molecular flexibility index (Phi) is 10.2. The third-order valence-corrected chi connectivity index (χ3v) is 9.34. The fraction of sp³-hybridized carbons (Fsp3) is 0.400. The lowest BCUT2D eigenvalue weighted by Crippen LogP contribution is -2.36. The summed E-state index contributed by atoms with van der Waals surface area (Å²) in [4.78, 5) is 15.4. The van der Waals surface area contributed by atoms with E-state index in [9.17, 15) is 8.42 Å². The van der Waals surface area contributed by atoms with Crippen molar-refractivity contribution >= 4 is 56.7 Å². The van der Waals surface area contributed by atoms with Crippen LogP contribution in [-0.2, 0) is 21.2 Å². The molecule has 1 saturated carbocycles. The first-order valence-corrected chi connectivity index (χ1v) is 15.7. The van der Waals surface area contributed by atoms with E-state index in [1.807, 2.05) is 19.2 Å². The molecule has 1 aromatic heterocycles. The van der Waals surface area contributed by atoms with Gasteiger partial charge in [0.15, 0.2) is 5.88 Å². The molecule has 0 radical (unpaired) electrons. The molecule has 0 saturated heterocycles. The number of guanidine groups is 1. The largest absolute Gasteiger partial charge is 0.482 e. The van der Waals surface area contributed by atoms with Crippen LogP contribution >= 0.6 is 11.6 Å². The number of fused-ring (bicyclic) bond motifs is 1. The molecule has 224 valence electrons. The number of hydrogen-bond acceptors (Lipinski definition) is 7. The maximum Gasteiger partial charge on any atom is 0.287 e. The van der Waals surface area contributed by atoms with Crippen LogP contribution in [0.4, 0.5) is 5.95 Å². The first kappa shape index (κ1) is 31.4. The predicted octanol–water partition coefficient (Wildman–Crippen LogP) is 5.50. The van der Waals surface area contributed by atoms with Gasteiger partial charge in [-0.1, -0.05) is 30.7 Å². The molecule has 1 fully saturated rings. The molecule has 0 spiro atoms. The number of aryl methyl sites for hydroxylation is 1. The first-order valence-electron chi connectivity index (χ1n) is 13.9. The first-order chi connectivity index (χ1) is 20.1. The molecule has 10 nitrogen and oxygen atoms in total. The van der Waals surface area contributed by atoms with Gasteiger partial charge in [-0.2, -0.15) is 8.42 Å². The SMILES string of the molecule is C=NC(=NS(=O)(=O)c1ccccc1Cl)N/C(OC)=C(\C)c1cc(CC)c2nc(NC3CCC(N(C)C)CC3)ncc2c1. The van der Waals surface area contributed by atoms with Gasteiger partial charge < -0.3 is 15.0 Å². The molecule has 2 aromatic carbocycles. The molecule has 0 atom stereocenters. The second-order valence-electron chi connectivity index (χ2n) is 10.5. The summed E-state index contributed by atoms with van der Waals surface area (Å²) in [6.45, 7) is 7.40. The summed E-state index contributed by atoms with van der Waals surface area (Å²) in [6.07, 6.45) is 7.08. The Balaban J connectivity index is 1.60. The lowest BCUT2D eigenvalue weighted by molar-refractivity contribution is 0.221. The summed E-state index contributed by atoms with van der Waals surface area (Å²) in [7, 11) is 1.61. The second-order valence-corrected chi connectivity index (χ2v) is 12.5. The van der Waals surface area contributed by atoms with Crippen molar-refractivity contribution in [2.24, 2.45) is 9.39 Å². The Labute approximate surface area is 253 Å². The zero-order valence-electron chi connectivity index (χ0n) is 24.7. The highest BCUT2D eigenvalue weighted by atomic mass is 35.5. The molecular weight excluding hydrogens is 574 g/mol. The summed E-state index contributed by atoms with van der Waals surface area (Å²) >= 11 is 6.08. The molecule has 0 amide bonds. The minimum Gasteiger partial charge on any atom is -0.482 e. The molecule has 1 aliphatic carbocycles. The number of sulfonamides is 1. The number of allylic oxidation sites excluding steroid dienone is 1. The Morgan fingerprint density at radius 3 is 2.52 bits per heavy atom. The van der Waals surface area contributed by atoms with Crippen molar-refractivity contribution in [3.63, 3.8) is 0 Å². The standard InChI is InChI=1S/C30H38ClN7O3S/c1-7-20-16-21(17-22-18-33-30(35-27(20)22)34-23-12-14-24(15-13-23)38(4)5)19(2)28(41-6)36-29(32-3)37-42(39,40)26-11-9-8-10-25(26)31/h8-11,16-18,23-24H,3,7,12-15H2,1-2,4-6H3,(H,36,37)(H,33,34,35)/b28-19-. The molecule has 2 N–H and O–H groups in total. The molecule has 3 aromatic rings. The molecule has 12 heteroatoms. The number of ether oxygens (including phenoxy) is 1. The van der Waals surface area contributed by atoms with Gasteiger partial charge in [0.25, 0.3) is 10.0 Å². The summed E-state index contributed by atoms with van der Waals surface area (Å²) in [5, 5.41) is 7.35. The van der Waals surface area contributed by atoms with Gasteiger partial charge in [-0.3, -0.25) is 5.32 Å². The van der Waals surface area contributed by atoms with Crippen molar-refractivity contribution in [2.45, 2.75) is 62.9 Å². The molecule has 0 bridgehead atoms. The Bertz CT molecular complexity index is 1610. The minimum absolute atomic E-state index is 0.0592. The van der Waals surface area contributed by atoms with E-state index < -0.39 is 10.0 Å². The lowest BCUT2D eigenvalue weighted by atomic mass is 9.90. The van der Waals surface area contributed by atoms with Crippen molar-refractivity contribution in [3.8, 4) is 0 Å². The molecule has 1 heterocycles. The van der Waals surface area contributed by atoms with Gasteiger partial charge >= 0.3 is 0 Å². The van der Waals surface area contributed by atoms with Crippen LogP contribution in [-0.4, -0.2) is 69.3 Å². The number of nitrogens with zero attached hydrogens (tertiary/aromatic N) is 5. The Morgan fingerprint density at radius 1 is 1.19 bits per heavy atom. The van der Waals surface area contributed by atoms with Crippen LogP contribution in [0.3, 0.4) is 0 Å². The Morgan fingerprint density at radius 2 is 1.90 bits per heavy atom. The van der Waals surface area contributed by atoms with E-state index in [-0.39, 0.29) is 21.8 Å². The zero-order chi connectivity index (χ0) is 30.4. The highest BCUT2D eigenvalue weighted by molar-refractivity contribution is 7.90. The number of benzene rings is 2. The van der Waals surface area contributed by atoms with Crippen LogP contribution in [0.5, 0.6) is 0 Å². The summed E-state index contributed by atoms with van der Waals surface area (Å²) < 4.78 is 35.1. The van der Waals surface area contributed by atoms with E-state index in [1.165, 1.54) is 19.2 Å².